The van der Waals surface area contributed by atoms with E-state index in [9.17, 15) is 9.90 Å². The predicted molar refractivity (Wildman–Crippen MR) is 127 cm³/mol. The molecule has 1 unspecified atom stereocenters. The summed E-state index contributed by atoms with van der Waals surface area (Å²) in [5, 5.41) is 14.3. The van der Waals surface area contributed by atoms with Gasteiger partial charge in [0.2, 0.25) is 5.91 Å². The average Bonchev–Trinajstić information content (AvgIpc) is 2.88. The number of amides is 1. The van der Waals surface area contributed by atoms with E-state index in [-0.39, 0.29) is 12.5 Å². The Morgan fingerprint density at radius 3 is 2.50 bits per heavy atom. The van der Waals surface area contributed by atoms with Gasteiger partial charge in [-0.2, -0.15) is 0 Å². The van der Waals surface area contributed by atoms with Gasteiger partial charge in [0, 0.05) is 12.0 Å². The van der Waals surface area contributed by atoms with Crippen LogP contribution in [0.3, 0.4) is 0 Å². The van der Waals surface area contributed by atoms with Crippen molar-refractivity contribution in [1.29, 1.82) is 0 Å². The Bertz CT molecular complexity index is 879. The lowest BCUT2D eigenvalue weighted by molar-refractivity contribution is -0.345. The Hall–Kier alpha value is -2.29. The van der Waals surface area contributed by atoms with Crippen LogP contribution in [0.4, 0.5) is 0 Å². The Morgan fingerprint density at radius 2 is 1.76 bits per heavy atom. The number of rotatable bonds is 10. The van der Waals surface area contributed by atoms with Crippen molar-refractivity contribution in [2.45, 2.75) is 82.6 Å². The molecule has 4 rings (SSSR count). The topological polar surface area (TPSA) is 86.3 Å². The van der Waals surface area contributed by atoms with Crippen LogP contribution in [0.25, 0.3) is 0 Å². The van der Waals surface area contributed by atoms with Gasteiger partial charge in [-0.05, 0) is 12.0 Å². The minimum Gasteiger partial charge on any atom is -0.388 e. The lowest BCUT2D eigenvalue weighted by Gasteiger charge is -2.47. The second-order valence-corrected chi connectivity index (χ2v) is 8.91. The second kappa shape index (κ2) is 12.4. The van der Waals surface area contributed by atoms with E-state index >= 15 is 0 Å². The van der Waals surface area contributed by atoms with Crippen LogP contribution in [-0.4, -0.2) is 48.3 Å². The molecule has 0 bridgehead atoms. The van der Waals surface area contributed by atoms with Gasteiger partial charge in [-0.15, -0.1) is 0 Å². The Balaban J connectivity index is 1.44. The molecule has 1 amide bonds. The largest absolute Gasteiger partial charge is 0.388 e. The number of unbranched alkanes of at least 4 members (excludes halogenated alkanes) is 3. The summed E-state index contributed by atoms with van der Waals surface area (Å²) in [4.78, 5) is 12.7. The summed E-state index contributed by atoms with van der Waals surface area (Å²) in [5.41, 5.74) is 1.85. The first-order valence-corrected chi connectivity index (χ1v) is 12.3. The number of benzene rings is 2. The molecule has 0 aliphatic carbocycles. The number of carbonyl (C=O) groups is 1. The maximum Gasteiger partial charge on any atom is 0.220 e. The summed E-state index contributed by atoms with van der Waals surface area (Å²) in [6.07, 6.45) is 0.838. The molecular weight excluding hydrogens is 434 g/mol. The van der Waals surface area contributed by atoms with Crippen molar-refractivity contribution in [2.75, 3.05) is 6.61 Å². The molecule has 34 heavy (non-hydrogen) atoms. The number of fused-ring (bicyclic) bond motifs is 1. The molecule has 0 spiro atoms. The van der Waals surface area contributed by atoms with Crippen molar-refractivity contribution in [3.63, 3.8) is 0 Å². The number of carbonyl (C=O) groups excluding carboxylic acids is 1. The van der Waals surface area contributed by atoms with E-state index in [1.54, 1.807) is 0 Å². The molecule has 0 aromatic heterocycles. The smallest absolute Gasteiger partial charge is 0.220 e. The highest BCUT2D eigenvalue weighted by Crippen LogP contribution is 2.34. The SMILES string of the molecule is CCCCCCC(=O)N[C@H]1[C@@H](OCc2ccccc2)O[C@@H]2COC(c3ccccc3)O[C@H]2[C@@H]1O. The van der Waals surface area contributed by atoms with Crippen LogP contribution in [-0.2, 0) is 30.3 Å². The van der Waals surface area contributed by atoms with Crippen molar-refractivity contribution in [3.05, 3.63) is 71.8 Å². The first kappa shape index (κ1) is 24.8. The lowest BCUT2D eigenvalue weighted by atomic mass is 9.95. The van der Waals surface area contributed by atoms with Crippen LogP contribution in [0.15, 0.2) is 60.7 Å². The third kappa shape index (κ3) is 6.43. The number of aliphatic hydroxyl groups is 1. The van der Waals surface area contributed by atoms with Crippen LogP contribution >= 0.6 is 0 Å². The van der Waals surface area contributed by atoms with E-state index in [0.717, 1.165) is 36.8 Å². The second-order valence-electron chi connectivity index (χ2n) is 8.91. The predicted octanol–water partition coefficient (Wildman–Crippen LogP) is 3.86. The normalized spacial score (nSPS) is 28.8. The van der Waals surface area contributed by atoms with E-state index in [2.05, 4.69) is 12.2 Å². The van der Waals surface area contributed by atoms with Gasteiger partial charge in [-0.3, -0.25) is 4.79 Å². The molecule has 2 aliphatic rings. The maximum atomic E-state index is 12.7. The number of ether oxygens (including phenoxy) is 4. The van der Waals surface area contributed by atoms with Gasteiger partial charge in [0.1, 0.15) is 24.4 Å². The van der Waals surface area contributed by atoms with E-state index in [0.29, 0.717) is 13.0 Å². The van der Waals surface area contributed by atoms with Crippen LogP contribution in [0.2, 0.25) is 0 Å². The van der Waals surface area contributed by atoms with Crippen molar-refractivity contribution in [2.24, 2.45) is 0 Å². The van der Waals surface area contributed by atoms with Crippen molar-refractivity contribution in [1.82, 2.24) is 5.32 Å². The molecule has 0 radical (unpaired) electrons. The molecule has 7 nitrogen and oxygen atoms in total. The standard InChI is InChI=1S/C27H35NO6/c1-2-3-4-11-16-22(29)28-23-24(30)25-21(18-32-26(34-25)20-14-9-6-10-15-20)33-27(23)31-17-19-12-7-5-8-13-19/h5-10,12-15,21,23-27,30H,2-4,11,16-18H2,1H3,(H,28,29)/t21-,23-,24-,25-,26?,27+/m1/s1. The summed E-state index contributed by atoms with van der Waals surface area (Å²) in [5.74, 6) is -0.123. The van der Waals surface area contributed by atoms with Crippen molar-refractivity contribution < 1.29 is 28.8 Å². The lowest BCUT2D eigenvalue weighted by Crippen LogP contribution is -2.66. The van der Waals surface area contributed by atoms with E-state index in [4.69, 9.17) is 18.9 Å². The average molecular weight is 470 g/mol. The first-order chi connectivity index (χ1) is 16.7. The Kier molecular flexibility index (Phi) is 9.07. The van der Waals surface area contributed by atoms with E-state index < -0.39 is 36.9 Å². The Morgan fingerprint density at radius 1 is 1.03 bits per heavy atom. The molecule has 0 saturated carbocycles. The summed E-state index contributed by atoms with van der Waals surface area (Å²) in [7, 11) is 0. The van der Waals surface area contributed by atoms with Gasteiger partial charge in [-0.1, -0.05) is 86.8 Å². The van der Waals surface area contributed by atoms with Gasteiger partial charge in [0.15, 0.2) is 12.6 Å². The van der Waals surface area contributed by atoms with Crippen molar-refractivity contribution in [3.8, 4) is 0 Å². The zero-order valence-corrected chi connectivity index (χ0v) is 19.7. The fourth-order valence-corrected chi connectivity index (χ4v) is 4.39. The van der Waals surface area contributed by atoms with Gasteiger partial charge in [0.25, 0.3) is 0 Å². The number of hydrogen-bond acceptors (Lipinski definition) is 6. The highest BCUT2D eigenvalue weighted by Gasteiger charge is 2.50. The quantitative estimate of drug-likeness (QED) is 0.514. The zero-order valence-electron chi connectivity index (χ0n) is 19.7. The summed E-state index contributed by atoms with van der Waals surface area (Å²) in [6, 6.07) is 18.6. The molecule has 2 saturated heterocycles. The minimum absolute atomic E-state index is 0.123. The van der Waals surface area contributed by atoms with Crippen LogP contribution in [0.1, 0.15) is 56.4 Å². The summed E-state index contributed by atoms with van der Waals surface area (Å²) in [6.45, 7) is 2.69. The van der Waals surface area contributed by atoms with E-state index in [1.807, 2.05) is 60.7 Å². The molecule has 2 N–H and O–H groups in total. The summed E-state index contributed by atoms with van der Waals surface area (Å²) < 4.78 is 24.2. The molecule has 2 fully saturated rings. The molecule has 2 heterocycles. The molecule has 7 heteroatoms. The van der Waals surface area contributed by atoms with E-state index in [1.165, 1.54) is 0 Å². The fraction of sp³-hybridized carbons (Fsp3) is 0.519. The third-order valence-electron chi connectivity index (χ3n) is 6.28. The minimum atomic E-state index is -1.01. The van der Waals surface area contributed by atoms with Gasteiger partial charge >= 0.3 is 0 Å². The van der Waals surface area contributed by atoms with Crippen LogP contribution < -0.4 is 5.32 Å². The molecule has 6 atom stereocenters. The molecule has 2 aromatic carbocycles. The van der Waals surface area contributed by atoms with Gasteiger partial charge < -0.3 is 29.4 Å². The van der Waals surface area contributed by atoms with Gasteiger partial charge in [-0.25, -0.2) is 0 Å². The Labute approximate surface area is 201 Å². The number of aliphatic hydroxyl groups excluding tert-OH is 1. The van der Waals surface area contributed by atoms with Crippen molar-refractivity contribution >= 4 is 5.91 Å². The molecular formula is C27H35NO6. The van der Waals surface area contributed by atoms with Crippen LogP contribution in [0, 0.1) is 0 Å². The molecule has 184 valence electrons. The summed E-state index contributed by atoms with van der Waals surface area (Å²) >= 11 is 0. The molecule has 2 aromatic rings. The monoisotopic (exact) mass is 469 g/mol. The van der Waals surface area contributed by atoms with Gasteiger partial charge in [0.05, 0.1) is 13.2 Å². The molecule has 2 aliphatic heterocycles. The van der Waals surface area contributed by atoms with Crippen LogP contribution in [0.5, 0.6) is 0 Å². The highest BCUT2D eigenvalue weighted by molar-refractivity contribution is 5.76. The first-order valence-electron chi connectivity index (χ1n) is 12.3. The zero-order chi connectivity index (χ0) is 23.8. The third-order valence-corrected chi connectivity index (χ3v) is 6.28. The number of nitrogens with one attached hydrogen (secondary N) is 1. The fourth-order valence-electron chi connectivity index (χ4n) is 4.39. The highest BCUT2D eigenvalue weighted by atomic mass is 16.7. The number of hydrogen-bond donors (Lipinski definition) is 2. The maximum absolute atomic E-state index is 12.7.